The van der Waals surface area contributed by atoms with E-state index >= 15 is 0 Å². The van der Waals surface area contributed by atoms with E-state index in [9.17, 15) is 18.4 Å². The van der Waals surface area contributed by atoms with Gasteiger partial charge in [0.25, 0.3) is 5.56 Å². The number of Topliss-reactive ketones (excluding diaryl/α,β-unsaturated/α-hetero) is 1. The van der Waals surface area contributed by atoms with Gasteiger partial charge in [0, 0.05) is 29.4 Å². The molecule has 5 rings (SSSR count). The molecule has 184 valence electrons. The van der Waals surface area contributed by atoms with E-state index in [1.54, 1.807) is 31.2 Å². The molecule has 0 saturated carbocycles. The van der Waals surface area contributed by atoms with Crippen molar-refractivity contribution in [2.24, 2.45) is 0 Å². The number of fused-ring (bicyclic) bond motifs is 1. The van der Waals surface area contributed by atoms with E-state index in [-0.39, 0.29) is 22.9 Å². The highest BCUT2D eigenvalue weighted by Gasteiger charge is 2.17. The van der Waals surface area contributed by atoms with Crippen molar-refractivity contribution in [1.29, 1.82) is 0 Å². The van der Waals surface area contributed by atoms with E-state index in [1.807, 2.05) is 0 Å². The zero-order valence-electron chi connectivity index (χ0n) is 19.4. The second-order valence-corrected chi connectivity index (χ2v) is 8.69. The van der Waals surface area contributed by atoms with Gasteiger partial charge < -0.3 is 4.74 Å². The average Bonchev–Trinajstić information content (AvgIpc) is 2.87. The van der Waals surface area contributed by atoms with Gasteiger partial charge >= 0.3 is 0 Å². The van der Waals surface area contributed by atoms with Crippen LogP contribution in [-0.4, -0.2) is 20.3 Å². The van der Waals surface area contributed by atoms with E-state index in [4.69, 9.17) is 16.3 Å². The maximum absolute atomic E-state index is 14.9. The number of aromatic nitrogens is 3. The number of hydrogen-bond donors (Lipinski definition) is 0. The van der Waals surface area contributed by atoms with Crippen molar-refractivity contribution >= 4 is 28.3 Å². The van der Waals surface area contributed by atoms with Crippen LogP contribution in [0.5, 0.6) is 11.5 Å². The molecule has 3 heterocycles. The molecule has 0 saturated heterocycles. The monoisotopic (exact) mass is 517 g/mol. The number of pyridine rings is 3. The van der Waals surface area contributed by atoms with Gasteiger partial charge in [0.1, 0.15) is 16.7 Å². The van der Waals surface area contributed by atoms with Crippen LogP contribution in [0.2, 0.25) is 5.15 Å². The highest BCUT2D eigenvalue weighted by molar-refractivity contribution is 6.30. The van der Waals surface area contributed by atoms with Crippen LogP contribution in [0.4, 0.5) is 8.78 Å². The third-order valence-corrected chi connectivity index (χ3v) is 6.00. The van der Waals surface area contributed by atoms with Crippen molar-refractivity contribution in [3.8, 4) is 17.2 Å². The second-order valence-electron chi connectivity index (χ2n) is 8.31. The van der Waals surface area contributed by atoms with Gasteiger partial charge in [-0.1, -0.05) is 17.7 Å². The highest BCUT2D eigenvalue weighted by atomic mass is 35.5. The quantitative estimate of drug-likeness (QED) is 0.197. The Hall–Kier alpha value is -4.43. The topological polar surface area (TPSA) is 74.1 Å². The summed E-state index contributed by atoms with van der Waals surface area (Å²) < 4.78 is 35.4. The summed E-state index contributed by atoms with van der Waals surface area (Å²) in [4.78, 5) is 34.3. The number of rotatable bonds is 6. The van der Waals surface area contributed by atoms with Gasteiger partial charge in [0.15, 0.2) is 17.3 Å². The minimum absolute atomic E-state index is 0.0503. The molecule has 6 nitrogen and oxygen atoms in total. The van der Waals surface area contributed by atoms with Crippen LogP contribution in [0.15, 0.2) is 83.9 Å². The maximum atomic E-state index is 14.9. The van der Waals surface area contributed by atoms with E-state index in [1.165, 1.54) is 59.4 Å². The summed E-state index contributed by atoms with van der Waals surface area (Å²) in [5.41, 5.74) is 1.34. The Bertz CT molecular complexity index is 1720. The van der Waals surface area contributed by atoms with E-state index in [2.05, 4.69) is 9.97 Å². The molecule has 0 radical (unpaired) electrons. The van der Waals surface area contributed by atoms with Gasteiger partial charge in [-0.15, -0.1) is 0 Å². The SMILES string of the molecule is Cc1ccc(C(=O)Cc2ccc(Oc3ccnc4cnc(Cl)cc34)c(F)c2)c(=O)n1-c1ccc(F)cc1. The molecule has 5 aromatic rings. The normalized spacial score (nSPS) is 11.0. The molecule has 0 spiro atoms. The molecule has 2 aromatic carbocycles. The number of hydrogen-bond acceptors (Lipinski definition) is 5. The number of ketones is 1. The van der Waals surface area contributed by atoms with Gasteiger partial charge in [-0.2, -0.15) is 0 Å². The zero-order valence-corrected chi connectivity index (χ0v) is 20.2. The molecule has 37 heavy (non-hydrogen) atoms. The standard InChI is InChI=1S/C28H18ClF2N3O3/c1-16-2-8-20(28(36)34(16)19-6-4-18(30)5-7-19)24(35)13-17-3-9-26(22(31)12-17)37-25-10-11-32-23-15-33-27(29)14-21(23)25/h2-12,14-15H,13H2,1H3. The van der Waals surface area contributed by atoms with Crippen molar-refractivity contribution < 1.29 is 18.3 Å². The third-order valence-electron chi connectivity index (χ3n) is 5.80. The lowest BCUT2D eigenvalue weighted by Crippen LogP contribution is -2.27. The average molecular weight is 518 g/mol. The first kappa shape index (κ1) is 24.3. The first-order valence-electron chi connectivity index (χ1n) is 11.2. The molecule has 0 fully saturated rings. The van der Waals surface area contributed by atoms with E-state index in [0.717, 1.165) is 0 Å². The molecule has 3 aromatic heterocycles. The third kappa shape index (κ3) is 4.96. The lowest BCUT2D eigenvalue weighted by atomic mass is 10.0. The van der Waals surface area contributed by atoms with Gasteiger partial charge in [-0.3, -0.25) is 19.1 Å². The molecule has 0 unspecified atom stereocenters. The van der Waals surface area contributed by atoms with Crippen molar-refractivity contribution in [1.82, 2.24) is 14.5 Å². The first-order valence-corrected chi connectivity index (χ1v) is 11.6. The van der Waals surface area contributed by atoms with Gasteiger partial charge in [0.05, 0.1) is 17.3 Å². The van der Waals surface area contributed by atoms with Crippen molar-refractivity contribution in [3.05, 3.63) is 123 Å². The lowest BCUT2D eigenvalue weighted by Gasteiger charge is -2.12. The molecule has 0 N–H and O–H groups in total. The van der Waals surface area contributed by atoms with Gasteiger partial charge in [-0.25, -0.2) is 13.8 Å². The molecular formula is C28H18ClF2N3O3. The molecule has 0 aliphatic carbocycles. The Morgan fingerprint density at radius 2 is 1.76 bits per heavy atom. The molecule has 0 atom stereocenters. The number of halogens is 3. The first-order chi connectivity index (χ1) is 17.8. The molecular weight excluding hydrogens is 500 g/mol. The summed E-state index contributed by atoms with van der Waals surface area (Å²) in [5.74, 6) is -1.29. The fourth-order valence-corrected chi connectivity index (χ4v) is 4.13. The predicted octanol–water partition coefficient (Wildman–Crippen LogP) is 6.24. The Labute approximate surface area is 214 Å². The van der Waals surface area contributed by atoms with Gasteiger partial charge in [0.2, 0.25) is 0 Å². The molecule has 0 amide bonds. The fraction of sp³-hybridized carbons (Fsp3) is 0.0714. The van der Waals surface area contributed by atoms with E-state index < -0.39 is 23.0 Å². The summed E-state index contributed by atoms with van der Waals surface area (Å²) >= 11 is 5.98. The summed E-state index contributed by atoms with van der Waals surface area (Å²) in [5, 5.41) is 0.812. The summed E-state index contributed by atoms with van der Waals surface area (Å²) in [6, 6.07) is 15.8. The maximum Gasteiger partial charge on any atom is 0.266 e. The van der Waals surface area contributed by atoms with Crippen LogP contribution in [0.25, 0.3) is 16.6 Å². The molecule has 0 bridgehead atoms. The summed E-state index contributed by atoms with van der Waals surface area (Å²) in [6.07, 6.45) is 2.81. The summed E-state index contributed by atoms with van der Waals surface area (Å²) in [6.45, 7) is 1.71. The Morgan fingerprint density at radius 1 is 0.973 bits per heavy atom. The molecule has 9 heteroatoms. The molecule has 0 aliphatic heterocycles. The number of ether oxygens (including phenoxy) is 1. The number of benzene rings is 2. The molecule has 0 aliphatic rings. The largest absolute Gasteiger partial charge is 0.454 e. The number of nitrogens with zero attached hydrogens (tertiary/aromatic N) is 3. The number of carbonyl (C=O) groups excluding carboxylic acids is 1. The predicted molar refractivity (Wildman–Crippen MR) is 136 cm³/mol. The lowest BCUT2D eigenvalue weighted by molar-refractivity contribution is 0.0991. The number of aryl methyl sites for hydroxylation is 1. The zero-order chi connectivity index (χ0) is 26.1. The van der Waals surface area contributed by atoms with Crippen LogP contribution in [-0.2, 0) is 6.42 Å². The van der Waals surface area contributed by atoms with E-state index in [0.29, 0.717) is 33.6 Å². The van der Waals surface area contributed by atoms with Crippen LogP contribution >= 0.6 is 11.6 Å². The van der Waals surface area contributed by atoms with Crippen LogP contribution in [0.3, 0.4) is 0 Å². The van der Waals surface area contributed by atoms with Crippen molar-refractivity contribution in [2.45, 2.75) is 13.3 Å². The van der Waals surface area contributed by atoms with Crippen LogP contribution < -0.4 is 10.3 Å². The fourth-order valence-electron chi connectivity index (χ4n) is 3.98. The second kappa shape index (κ2) is 9.91. The van der Waals surface area contributed by atoms with Crippen LogP contribution in [0, 0.1) is 18.6 Å². The summed E-state index contributed by atoms with van der Waals surface area (Å²) in [7, 11) is 0. The Kier molecular flexibility index (Phi) is 6.50. The van der Waals surface area contributed by atoms with Crippen molar-refractivity contribution in [3.63, 3.8) is 0 Å². The van der Waals surface area contributed by atoms with Gasteiger partial charge in [-0.05, 0) is 73.2 Å². The Morgan fingerprint density at radius 3 is 2.51 bits per heavy atom. The minimum Gasteiger partial charge on any atom is -0.454 e. The highest BCUT2D eigenvalue weighted by Crippen LogP contribution is 2.31. The van der Waals surface area contributed by atoms with Crippen LogP contribution in [0.1, 0.15) is 21.6 Å². The smallest absolute Gasteiger partial charge is 0.266 e. The minimum atomic E-state index is -0.678. The number of carbonyl (C=O) groups is 1. The van der Waals surface area contributed by atoms with Crippen molar-refractivity contribution in [2.75, 3.05) is 0 Å². The Balaban J connectivity index is 1.40.